The first kappa shape index (κ1) is 75.9. The van der Waals surface area contributed by atoms with Gasteiger partial charge in [0.15, 0.2) is 15.5 Å². The first-order valence-electron chi connectivity index (χ1n) is 29.8. The molecule has 2 saturated carbocycles. The largest absolute Gasteiger partial charge is 0.478 e. The first-order chi connectivity index (χ1) is 44.2. The number of nitrogens with zero attached hydrogens (tertiary/aromatic N) is 6. The van der Waals surface area contributed by atoms with Gasteiger partial charge in [0.2, 0.25) is 28.6 Å². The van der Waals surface area contributed by atoms with E-state index in [9.17, 15) is 66.9 Å². The summed E-state index contributed by atoms with van der Waals surface area (Å²) in [6.45, 7) is 10.9. The molecule has 2 fully saturated rings. The Morgan fingerprint density at radius 1 is 0.835 bits per heavy atom. The SMILES string of the molecule is CC(C)(C)OC(=O)CN(CC1(CC(=O)NS(=O)(=O)Cc2nn(CC(F)(F)F)c3c(-c4ccc(C#CC(C)(C)S(C)(=O)=O)nc4[C@H](Cc4cc(F)cc(F)c4)NC(=O)Cn4nc(C(F)(F)F)c5c4C(F)(F)[C@@H]4C[C@H]54)ccc(Cl)c23)CC1)C(=O)OCOP(=O)(OC(C)(C)C)OC(C)(C)C. The summed E-state index contributed by atoms with van der Waals surface area (Å²) in [6, 6.07) is 4.73. The van der Waals surface area contributed by atoms with Crippen LogP contribution >= 0.6 is 19.4 Å². The number of sulfonamides is 1. The average Bonchev–Trinajstić information content (AvgIpc) is 1.52. The Morgan fingerprint density at radius 3 is 2.00 bits per heavy atom. The molecular weight excluding hydrogens is 1390 g/mol. The summed E-state index contributed by atoms with van der Waals surface area (Å²) in [4.78, 5) is 60.6. The van der Waals surface area contributed by atoms with Crippen LogP contribution in [0.25, 0.3) is 22.0 Å². The number of fused-ring (bicyclic) bond motifs is 4. The number of sulfone groups is 1. The molecule has 3 atom stereocenters. The van der Waals surface area contributed by atoms with E-state index in [2.05, 4.69) is 32.3 Å². The number of hydrogen-bond acceptors (Lipinski definition) is 17. The van der Waals surface area contributed by atoms with Gasteiger partial charge in [-0.05, 0) is 155 Å². The van der Waals surface area contributed by atoms with Gasteiger partial charge in [0.05, 0.1) is 39.2 Å². The van der Waals surface area contributed by atoms with Crippen molar-refractivity contribution in [3.05, 3.63) is 98.7 Å². The van der Waals surface area contributed by atoms with Gasteiger partial charge in [-0.2, -0.15) is 45.3 Å². The minimum Gasteiger partial charge on any atom is -0.459 e. The molecule has 2 aromatic carbocycles. The fraction of sp³-hybridized carbons (Fsp3) is 0.557. The van der Waals surface area contributed by atoms with Gasteiger partial charge in [0.25, 0.3) is 5.92 Å². The Morgan fingerprint density at radius 2 is 1.44 bits per heavy atom. The Bertz CT molecular complexity index is 4260. The smallest absolute Gasteiger partial charge is 0.459 e. The Balaban J connectivity index is 1.16. The normalized spacial score (nSPS) is 17.4. The second-order valence-corrected chi connectivity index (χ2v) is 33.8. The van der Waals surface area contributed by atoms with E-state index >= 15 is 17.6 Å². The second-order valence-electron chi connectivity index (χ2n) is 27.6. The first-order valence-corrected chi connectivity index (χ1v) is 35.2. The molecule has 2 N–H and O–H groups in total. The number of amides is 3. The lowest BCUT2D eigenvalue weighted by Crippen LogP contribution is -2.43. The van der Waals surface area contributed by atoms with Crippen LogP contribution in [0.5, 0.6) is 0 Å². The van der Waals surface area contributed by atoms with Gasteiger partial charge >= 0.3 is 32.2 Å². The van der Waals surface area contributed by atoms with Crippen molar-refractivity contribution >= 4 is 74.1 Å². The number of carbonyl (C=O) groups is 4. The molecule has 0 saturated heterocycles. The number of phosphoric acid groups is 1. The van der Waals surface area contributed by atoms with Gasteiger partial charge in [0, 0.05) is 53.3 Å². The molecule has 0 aliphatic heterocycles. The maximum atomic E-state index is 15.8. The van der Waals surface area contributed by atoms with E-state index < -0.39 is 222 Å². The van der Waals surface area contributed by atoms with Crippen molar-refractivity contribution in [2.45, 2.75) is 179 Å². The fourth-order valence-corrected chi connectivity index (χ4v) is 14.1. The van der Waals surface area contributed by atoms with E-state index in [1.807, 2.05) is 4.72 Å². The molecule has 3 amide bonds. The number of pyridine rings is 1. The summed E-state index contributed by atoms with van der Waals surface area (Å²) >= 11 is 6.75. The van der Waals surface area contributed by atoms with Crippen LogP contribution in [0.4, 0.5) is 48.7 Å². The van der Waals surface area contributed by atoms with E-state index in [1.165, 1.54) is 13.8 Å². The number of carbonyl (C=O) groups excluding carboxylic acids is 4. The number of esters is 1. The van der Waals surface area contributed by atoms with Gasteiger partial charge in [-0.3, -0.25) is 42.4 Å². The van der Waals surface area contributed by atoms with Crippen LogP contribution in [0.3, 0.4) is 0 Å². The number of halogens is 11. The summed E-state index contributed by atoms with van der Waals surface area (Å²) in [7, 11) is -13.4. The third-order valence-corrected chi connectivity index (χ3v) is 20.6. The maximum Gasteiger partial charge on any atom is 0.478 e. The third kappa shape index (κ3) is 19.1. The molecule has 36 heteroatoms. The van der Waals surface area contributed by atoms with E-state index in [1.54, 1.807) is 62.3 Å². The van der Waals surface area contributed by atoms with E-state index in [0.29, 0.717) is 10.7 Å². The van der Waals surface area contributed by atoms with Gasteiger partial charge < -0.3 is 14.8 Å². The molecule has 0 unspecified atom stereocenters. The highest BCUT2D eigenvalue weighted by molar-refractivity contribution is 7.92. The monoisotopic (exact) mass is 1460 g/mol. The summed E-state index contributed by atoms with van der Waals surface area (Å²) in [6.07, 6.45) is -12.2. The molecule has 8 rings (SSSR count). The summed E-state index contributed by atoms with van der Waals surface area (Å²) in [5.74, 6) is -8.73. The molecule has 3 aromatic heterocycles. The molecule has 5 aromatic rings. The molecule has 22 nitrogen and oxygen atoms in total. The highest BCUT2D eigenvalue weighted by atomic mass is 35.5. The molecule has 0 bridgehead atoms. The number of alkyl halides is 8. The molecule has 3 aliphatic rings. The van der Waals surface area contributed by atoms with Crippen LogP contribution in [0.15, 0.2) is 42.5 Å². The predicted octanol–water partition coefficient (Wildman–Crippen LogP) is 11.9. The number of hydrogen-bond donors (Lipinski definition) is 2. The van der Waals surface area contributed by atoms with Crippen LogP contribution in [-0.4, -0.2) is 124 Å². The molecule has 0 spiro atoms. The van der Waals surface area contributed by atoms with Gasteiger partial charge in [-0.25, -0.2) is 44.5 Å². The number of phosphoric ester groups is 1. The lowest BCUT2D eigenvalue weighted by atomic mass is 9.93. The third-order valence-electron chi connectivity index (χ3n) is 15.2. The van der Waals surface area contributed by atoms with Crippen LogP contribution in [0, 0.1) is 34.8 Å². The number of rotatable bonds is 23. The lowest BCUT2D eigenvalue weighted by Gasteiger charge is -2.31. The molecular formula is C61H70ClF10N8O14PS2. The summed E-state index contributed by atoms with van der Waals surface area (Å²) in [5.41, 5.74) is -11.2. The van der Waals surface area contributed by atoms with Crippen molar-refractivity contribution in [1.82, 2.24) is 39.5 Å². The Hall–Kier alpha value is -6.89. The summed E-state index contributed by atoms with van der Waals surface area (Å²) in [5, 5.41) is 8.95. The number of nitrogens with one attached hydrogen (secondary N) is 2. The molecule has 3 heterocycles. The minimum absolute atomic E-state index is 0.162. The standard InChI is InChI=1S/C61H70ClF10N8O14PS2/c1-54(2,3)92-46(83)28-78(53(84)90-32-91-95(85,93-55(4,5)6)94-56(7,8)9)30-58(19-20-58)26-44(81)77-97(88,89)29-43-48-41(62)16-15-38(50(48)80(75-43)31-59(65,66)67)37-14-13-36(17-18-57(10,11)96(12,86)87)73-49(37)42(23-33-21-34(63)24-35(64)22-33)74-45(82)27-79-52-47(51(76-79)61(70,71)72)39-25-40(39)60(52,68)69/h13-16,21-22,24,39-40,42H,19-20,23,25-32H2,1-12H3,(H,74,82)(H,77,81)/t39-,40+,42-/m0/s1. The minimum atomic E-state index is -5.26. The lowest BCUT2D eigenvalue weighted by molar-refractivity contribution is -0.156. The number of ether oxygens (including phenoxy) is 2. The van der Waals surface area contributed by atoms with Crippen LogP contribution in [0.1, 0.15) is 153 Å². The highest BCUT2D eigenvalue weighted by Crippen LogP contribution is 2.68. The van der Waals surface area contributed by atoms with Crippen LogP contribution in [-0.2, 0) is 99.2 Å². The van der Waals surface area contributed by atoms with E-state index in [0.717, 1.165) is 47.6 Å². The molecule has 3 aliphatic carbocycles. The molecule has 532 valence electrons. The maximum absolute atomic E-state index is 15.8. The van der Waals surface area contributed by atoms with Crippen molar-refractivity contribution in [3.8, 4) is 23.0 Å². The average molecular weight is 1460 g/mol. The number of benzene rings is 2. The van der Waals surface area contributed by atoms with Crippen molar-refractivity contribution in [1.29, 1.82) is 0 Å². The van der Waals surface area contributed by atoms with Crippen LogP contribution in [0.2, 0.25) is 5.02 Å². The Labute approximate surface area is 556 Å². The molecule has 97 heavy (non-hydrogen) atoms. The highest BCUT2D eigenvalue weighted by Gasteiger charge is 2.68. The van der Waals surface area contributed by atoms with Crippen molar-refractivity contribution in [3.63, 3.8) is 0 Å². The van der Waals surface area contributed by atoms with Crippen LogP contribution < -0.4 is 10.0 Å². The molecule has 0 radical (unpaired) electrons. The van der Waals surface area contributed by atoms with Gasteiger partial charge in [-0.1, -0.05) is 23.6 Å². The summed E-state index contributed by atoms with van der Waals surface area (Å²) < 4.78 is 244. The zero-order valence-corrected chi connectivity index (χ0v) is 57.7. The van der Waals surface area contributed by atoms with Gasteiger partial charge in [-0.15, -0.1) is 0 Å². The van der Waals surface area contributed by atoms with Gasteiger partial charge in [0.1, 0.15) is 58.8 Å². The Kier molecular flexibility index (Phi) is 20.8. The van der Waals surface area contributed by atoms with E-state index in [-0.39, 0.29) is 46.3 Å². The second kappa shape index (κ2) is 26.7. The quantitative estimate of drug-likeness (QED) is 0.0202. The van der Waals surface area contributed by atoms with E-state index in [4.69, 9.17) is 34.6 Å². The topological polar surface area (TPSA) is 276 Å². The van der Waals surface area contributed by atoms with Crippen molar-refractivity contribution < 1.29 is 108 Å². The fourth-order valence-electron chi connectivity index (χ4n) is 10.9. The zero-order valence-electron chi connectivity index (χ0n) is 54.4. The number of aromatic nitrogens is 5. The van der Waals surface area contributed by atoms with Crippen molar-refractivity contribution in [2.75, 3.05) is 26.1 Å². The predicted molar refractivity (Wildman–Crippen MR) is 329 cm³/mol. The van der Waals surface area contributed by atoms with Crippen molar-refractivity contribution in [2.24, 2.45) is 11.3 Å². The zero-order chi connectivity index (χ0) is 72.6.